The molecule has 1 fully saturated rings. The average molecular weight is 249 g/mol. The maximum absolute atomic E-state index is 12.0. The molecule has 4 nitrogen and oxygen atoms in total. The first kappa shape index (κ1) is 13.1. The summed E-state index contributed by atoms with van der Waals surface area (Å²) in [5.74, 6) is 1.93. The molecule has 0 amide bonds. The molecule has 1 aromatic rings. The highest BCUT2D eigenvalue weighted by atomic mass is 16.1. The van der Waals surface area contributed by atoms with Crippen LogP contribution in [0.2, 0.25) is 0 Å². The van der Waals surface area contributed by atoms with Crippen molar-refractivity contribution in [3.63, 3.8) is 0 Å². The number of hydrogen-bond acceptors (Lipinski definition) is 3. The zero-order valence-corrected chi connectivity index (χ0v) is 11.4. The van der Waals surface area contributed by atoms with Crippen molar-refractivity contribution >= 4 is 5.82 Å². The Kier molecular flexibility index (Phi) is 4.39. The first-order valence-electron chi connectivity index (χ1n) is 7.01. The van der Waals surface area contributed by atoms with Crippen molar-refractivity contribution in [2.75, 3.05) is 11.9 Å². The Labute approximate surface area is 108 Å². The number of aryl methyl sites for hydroxylation is 1. The standard InChI is InChI=1S/C14H23N3O/c1-3-17-9-8-15-13(14(17)18)16-10-12-7-5-4-6-11(12)2/h8-9,11-12H,3-7,10H2,1-2H3,(H,15,16). The van der Waals surface area contributed by atoms with E-state index in [2.05, 4.69) is 17.2 Å². The molecule has 1 aromatic heterocycles. The summed E-state index contributed by atoms with van der Waals surface area (Å²) < 4.78 is 1.68. The van der Waals surface area contributed by atoms with E-state index in [9.17, 15) is 4.79 Å². The fourth-order valence-corrected chi connectivity index (χ4v) is 2.74. The Morgan fingerprint density at radius 3 is 2.94 bits per heavy atom. The Hall–Kier alpha value is -1.32. The summed E-state index contributed by atoms with van der Waals surface area (Å²) in [7, 11) is 0. The van der Waals surface area contributed by atoms with E-state index in [0.29, 0.717) is 18.3 Å². The molecule has 1 N–H and O–H groups in total. The fraction of sp³-hybridized carbons (Fsp3) is 0.714. The zero-order valence-electron chi connectivity index (χ0n) is 11.4. The highest BCUT2D eigenvalue weighted by Gasteiger charge is 2.21. The van der Waals surface area contributed by atoms with Gasteiger partial charge in [-0.2, -0.15) is 0 Å². The smallest absolute Gasteiger partial charge is 0.293 e. The summed E-state index contributed by atoms with van der Waals surface area (Å²) in [5, 5.41) is 3.24. The number of hydrogen-bond donors (Lipinski definition) is 1. The largest absolute Gasteiger partial charge is 0.365 e. The van der Waals surface area contributed by atoms with Crippen LogP contribution >= 0.6 is 0 Å². The number of rotatable bonds is 4. The summed E-state index contributed by atoms with van der Waals surface area (Å²) in [6, 6.07) is 0. The molecule has 0 bridgehead atoms. The third-order valence-electron chi connectivity index (χ3n) is 4.08. The Balaban J connectivity index is 1.99. The topological polar surface area (TPSA) is 46.9 Å². The van der Waals surface area contributed by atoms with Crippen molar-refractivity contribution in [3.8, 4) is 0 Å². The number of anilines is 1. The molecular weight excluding hydrogens is 226 g/mol. The molecule has 2 atom stereocenters. The van der Waals surface area contributed by atoms with Crippen LogP contribution in [0, 0.1) is 11.8 Å². The Morgan fingerprint density at radius 1 is 1.44 bits per heavy atom. The molecule has 0 aromatic carbocycles. The van der Waals surface area contributed by atoms with E-state index in [-0.39, 0.29) is 5.56 Å². The molecule has 2 rings (SSSR count). The lowest BCUT2D eigenvalue weighted by Gasteiger charge is -2.28. The second-order valence-corrected chi connectivity index (χ2v) is 5.27. The van der Waals surface area contributed by atoms with Gasteiger partial charge >= 0.3 is 0 Å². The highest BCUT2D eigenvalue weighted by molar-refractivity contribution is 5.30. The van der Waals surface area contributed by atoms with Gasteiger partial charge in [-0.05, 0) is 25.2 Å². The molecule has 0 aliphatic heterocycles. The van der Waals surface area contributed by atoms with Crippen LogP contribution in [-0.2, 0) is 6.54 Å². The number of nitrogens with one attached hydrogen (secondary N) is 1. The van der Waals surface area contributed by atoms with Crippen LogP contribution in [0.15, 0.2) is 17.2 Å². The van der Waals surface area contributed by atoms with Crippen LogP contribution in [-0.4, -0.2) is 16.1 Å². The van der Waals surface area contributed by atoms with Crippen LogP contribution in [0.5, 0.6) is 0 Å². The minimum Gasteiger partial charge on any atom is -0.365 e. The van der Waals surface area contributed by atoms with E-state index < -0.39 is 0 Å². The van der Waals surface area contributed by atoms with Crippen LogP contribution in [0.3, 0.4) is 0 Å². The molecule has 1 saturated carbocycles. The Bertz CT molecular complexity index is 441. The summed E-state index contributed by atoms with van der Waals surface area (Å²) in [4.78, 5) is 16.1. The quantitative estimate of drug-likeness (QED) is 0.892. The van der Waals surface area contributed by atoms with E-state index >= 15 is 0 Å². The van der Waals surface area contributed by atoms with E-state index in [1.165, 1.54) is 25.7 Å². The zero-order chi connectivity index (χ0) is 13.0. The molecule has 2 unspecified atom stereocenters. The molecular formula is C14H23N3O. The molecule has 1 heterocycles. The molecule has 4 heteroatoms. The van der Waals surface area contributed by atoms with Gasteiger partial charge in [0.1, 0.15) is 0 Å². The van der Waals surface area contributed by atoms with Gasteiger partial charge in [0, 0.05) is 25.5 Å². The normalized spacial score (nSPS) is 23.9. The summed E-state index contributed by atoms with van der Waals surface area (Å²) in [6.45, 7) is 5.84. The molecule has 0 spiro atoms. The van der Waals surface area contributed by atoms with Gasteiger partial charge in [0.25, 0.3) is 5.56 Å². The van der Waals surface area contributed by atoms with Crippen LogP contribution in [0.1, 0.15) is 39.5 Å². The van der Waals surface area contributed by atoms with Gasteiger partial charge in [-0.1, -0.05) is 26.2 Å². The predicted octanol–water partition coefficient (Wildman–Crippen LogP) is 2.50. The molecule has 0 saturated heterocycles. The van der Waals surface area contributed by atoms with Crippen LogP contribution in [0.25, 0.3) is 0 Å². The molecule has 100 valence electrons. The van der Waals surface area contributed by atoms with Crippen molar-refractivity contribution in [3.05, 3.63) is 22.7 Å². The monoisotopic (exact) mass is 249 g/mol. The number of aromatic nitrogens is 2. The van der Waals surface area contributed by atoms with Crippen LogP contribution < -0.4 is 10.9 Å². The van der Waals surface area contributed by atoms with Gasteiger partial charge < -0.3 is 9.88 Å². The van der Waals surface area contributed by atoms with E-state index in [1.54, 1.807) is 17.0 Å². The maximum Gasteiger partial charge on any atom is 0.293 e. The third kappa shape index (κ3) is 2.92. The lowest BCUT2D eigenvalue weighted by atomic mass is 9.80. The van der Waals surface area contributed by atoms with Crippen LogP contribution in [0.4, 0.5) is 5.82 Å². The maximum atomic E-state index is 12.0. The van der Waals surface area contributed by atoms with Crippen molar-refractivity contribution in [1.82, 2.24) is 9.55 Å². The minimum absolute atomic E-state index is 0.0107. The fourth-order valence-electron chi connectivity index (χ4n) is 2.74. The van der Waals surface area contributed by atoms with Crippen molar-refractivity contribution < 1.29 is 0 Å². The van der Waals surface area contributed by atoms with Gasteiger partial charge in [0.15, 0.2) is 5.82 Å². The second kappa shape index (κ2) is 6.03. The SMILES string of the molecule is CCn1ccnc(NCC2CCCCC2C)c1=O. The first-order chi connectivity index (χ1) is 8.72. The molecule has 1 aliphatic carbocycles. The van der Waals surface area contributed by atoms with Gasteiger partial charge in [-0.3, -0.25) is 4.79 Å². The Morgan fingerprint density at radius 2 is 2.22 bits per heavy atom. The van der Waals surface area contributed by atoms with Gasteiger partial charge in [-0.15, -0.1) is 0 Å². The second-order valence-electron chi connectivity index (χ2n) is 5.27. The predicted molar refractivity (Wildman–Crippen MR) is 73.8 cm³/mol. The average Bonchev–Trinajstić information content (AvgIpc) is 2.39. The van der Waals surface area contributed by atoms with E-state index in [1.807, 2.05) is 6.92 Å². The van der Waals surface area contributed by atoms with E-state index in [0.717, 1.165) is 12.5 Å². The van der Waals surface area contributed by atoms with Gasteiger partial charge in [0.2, 0.25) is 0 Å². The van der Waals surface area contributed by atoms with Crippen molar-refractivity contribution in [1.29, 1.82) is 0 Å². The highest BCUT2D eigenvalue weighted by Crippen LogP contribution is 2.29. The molecule has 18 heavy (non-hydrogen) atoms. The van der Waals surface area contributed by atoms with Crippen molar-refractivity contribution in [2.45, 2.75) is 46.1 Å². The summed E-state index contributed by atoms with van der Waals surface area (Å²) in [5.41, 5.74) is -0.0107. The lowest BCUT2D eigenvalue weighted by molar-refractivity contribution is 0.268. The summed E-state index contributed by atoms with van der Waals surface area (Å²) in [6.07, 6.45) is 8.67. The van der Waals surface area contributed by atoms with Gasteiger partial charge in [0.05, 0.1) is 0 Å². The molecule has 0 radical (unpaired) electrons. The van der Waals surface area contributed by atoms with Gasteiger partial charge in [-0.25, -0.2) is 4.98 Å². The van der Waals surface area contributed by atoms with E-state index in [4.69, 9.17) is 0 Å². The summed E-state index contributed by atoms with van der Waals surface area (Å²) >= 11 is 0. The molecule has 1 aliphatic rings. The lowest BCUT2D eigenvalue weighted by Crippen LogP contribution is -2.29. The van der Waals surface area contributed by atoms with Crippen molar-refractivity contribution in [2.24, 2.45) is 11.8 Å². The minimum atomic E-state index is -0.0107. The number of nitrogens with zero attached hydrogens (tertiary/aromatic N) is 2. The first-order valence-corrected chi connectivity index (χ1v) is 7.01. The third-order valence-corrected chi connectivity index (χ3v) is 4.08.